The van der Waals surface area contributed by atoms with Crippen LogP contribution in [0.2, 0.25) is 0 Å². The third-order valence-electron chi connectivity index (χ3n) is 4.41. The topological polar surface area (TPSA) is 95.1 Å². The van der Waals surface area contributed by atoms with Gasteiger partial charge in [0.25, 0.3) is 5.91 Å². The van der Waals surface area contributed by atoms with Crippen molar-refractivity contribution >= 4 is 18.0 Å². The van der Waals surface area contributed by atoms with Crippen LogP contribution in [0, 0.1) is 0 Å². The van der Waals surface area contributed by atoms with Crippen molar-refractivity contribution in [3.8, 4) is 0 Å². The van der Waals surface area contributed by atoms with E-state index in [1.807, 2.05) is 32.0 Å². The fourth-order valence-corrected chi connectivity index (χ4v) is 2.96. The molecule has 154 valence electrons. The van der Waals surface area contributed by atoms with Gasteiger partial charge in [-0.05, 0) is 38.8 Å². The first kappa shape index (κ1) is 21.5. The number of hydrogen-bond donors (Lipinski definition) is 3. The van der Waals surface area contributed by atoms with Crippen molar-refractivity contribution in [1.82, 2.24) is 20.9 Å². The van der Waals surface area contributed by atoms with Gasteiger partial charge in [-0.3, -0.25) is 9.79 Å². The first-order chi connectivity index (χ1) is 13.6. The lowest BCUT2D eigenvalue weighted by molar-refractivity contribution is 0.0949. The first-order valence-corrected chi connectivity index (χ1v) is 9.93. The Morgan fingerprint density at radius 3 is 2.50 bits per heavy atom. The molecular formula is C20H31N5O3. The van der Waals surface area contributed by atoms with E-state index in [1.165, 1.54) is 0 Å². The standard InChI is InChI=1S/C20H31N5O3/c1-3-21-19(23-13-12-22-18(26)16-8-6-5-7-9-16)24-17-10-14-25(15-11-17)20(27)28-4-2/h5-9,17H,3-4,10-15H2,1-2H3,(H,22,26)(H2,21,23,24). The summed E-state index contributed by atoms with van der Waals surface area (Å²) in [6.45, 7) is 7.26. The largest absolute Gasteiger partial charge is 0.450 e. The Hall–Kier alpha value is -2.77. The number of nitrogens with one attached hydrogen (secondary N) is 3. The maximum Gasteiger partial charge on any atom is 0.409 e. The Labute approximate surface area is 166 Å². The number of rotatable bonds is 7. The predicted molar refractivity (Wildman–Crippen MR) is 110 cm³/mol. The summed E-state index contributed by atoms with van der Waals surface area (Å²) in [5.74, 6) is 0.631. The average Bonchev–Trinajstić information content (AvgIpc) is 2.72. The highest BCUT2D eigenvalue weighted by Crippen LogP contribution is 2.11. The Balaban J connectivity index is 1.75. The van der Waals surface area contributed by atoms with Crippen LogP contribution in [0.1, 0.15) is 37.0 Å². The van der Waals surface area contributed by atoms with Crippen molar-refractivity contribution in [1.29, 1.82) is 0 Å². The van der Waals surface area contributed by atoms with Gasteiger partial charge in [0.2, 0.25) is 0 Å². The number of carbonyl (C=O) groups is 2. The second-order valence-electron chi connectivity index (χ2n) is 6.49. The normalized spacial score (nSPS) is 15.1. The molecule has 1 aliphatic rings. The summed E-state index contributed by atoms with van der Waals surface area (Å²) < 4.78 is 5.05. The van der Waals surface area contributed by atoms with E-state index >= 15 is 0 Å². The molecule has 0 radical (unpaired) electrons. The van der Waals surface area contributed by atoms with Gasteiger partial charge >= 0.3 is 6.09 Å². The molecule has 0 aliphatic carbocycles. The Bertz CT molecular complexity index is 643. The zero-order chi connectivity index (χ0) is 20.2. The van der Waals surface area contributed by atoms with Crippen LogP contribution in [0.15, 0.2) is 35.3 Å². The fraction of sp³-hybridized carbons (Fsp3) is 0.550. The van der Waals surface area contributed by atoms with Crippen LogP contribution in [0.5, 0.6) is 0 Å². The number of nitrogens with zero attached hydrogens (tertiary/aromatic N) is 2. The highest BCUT2D eigenvalue weighted by atomic mass is 16.6. The average molecular weight is 390 g/mol. The zero-order valence-corrected chi connectivity index (χ0v) is 16.7. The smallest absolute Gasteiger partial charge is 0.409 e. The van der Waals surface area contributed by atoms with Crippen molar-refractivity contribution in [3.63, 3.8) is 0 Å². The lowest BCUT2D eigenvalue weighted by atomic mass is 10.1. The monoisotopic (exact) mass is 389 g/mol. The molecule has 0 aromatic heterocycles. The molecule has 1 aromatic rings. The number of hydrogen-bond acceptors (Lipinski definition) is 4. The van der Waals surface area contributed by atoms with Gasteiger partial charge in [0.05, 0.1) is 13.2 Å². The van der Waals surface area contributed by atoms with Gasteiger partial charge in [-0.25, -0.2) is 4.79 Å². The minimum absolute atomic E-state index is 0.0971. The lowest BCUT2D eigenvalue weighted by Crippen LogP contribution is -2.50. The van der Waals surface area contributed by atoms with Gasteiger partial charge < -0.3 is 25.6 Å². The molecule has 2 rings (SSSR count). The Morgan fingerprint density at radius 2 is 1.86 bits per heavy atom. The molecule has 1 fully saturated rings. The molecule has 8 nitrogen and oxygen atoms in total. The van der Waals surface area contributed by atoms with E-state index in [9.17, 15) is 9.59 Å². The SMILES string of the molecule is CCNC(=NCCNC(=O)c1ccccc1)NC1CCN(C(=O)OCC)CC1. The fourth-order valence-electron chi connectivity index (χ4n) is 2.96. The van der Waals surface area contributed by atoms with Crippen molar-refractivity contribution in [2.45, 2.75) is 32.7 Å². The number of amides is 2. The summed E-state index contributed by atoms with van der Waals surface area (Å²) in [6, 6.07) is 9.38. The highest BCUT2D eigenvalue weighted by Gasteiger charge is 2.23. The van der Waals surface area contributed by atoms with Crippen LogP contribution in [0.3, 0.4) is 0 Å². The molecule has 0 bridgehead atoms. The summed E-state index contributed by atoms with van der Waals surface area (Å²) in [5, 5.41) is 9.51. The predicted octanol–water partition coefficient (Wildman–Crippen LogP) is 1.59. The molecule has 2 amide bonds. The minimum atomic E-state index is -0.240. The quantitative estimate of drug-likeness (QED) is 0.374. The van der Waals surface area contributed by atoms with Gasteiger partial charge in [0.1, 0.15) is 0 Å². The van der Waals surface area contributed by atoms with E-state index in [0.717, 1.165) is 25.3 Å². The first-order valence-electron chi connectivity index (χ1n) is 9.93. The second-order valence-corrected chi connectivity index (χ2v) is 6.49. The van der Waals surface area contributed by atoms with Crippen LogP contribution in [0.25, 0.3) is 0 Å². The number of benzene rings is 1. The van der Waals surface area contributed by atoms with Crippen LogP contribution < -0.4 is 16.0 Å². The molecule has 0 spiro atoms. The number of guanidine groups is 1. The summed E-state index contributed by atoms with van der Waals surface area (Å²) >= 11 is 0. The second kappa shape index (κ2) is 11.8. The molecule has 1 aromatic carbocycles. The Kier molecular flexibility index (Phi) is 9.10. The van der Waals surface area contributed by atoms with Gasteiger partial charge in [-0.2, -0.15) is 0 Å². The zero-order valence-electron chi connectivity index (χ0n) is 16.7. The van der Waals surface area contributed by atoms with E-state index in [-0.39, 0.29) is 18.0 Å². The molecule has 0 atom stereocenters. The van der Waals surface area contributed by atoms with E-state index in [0.29, 0.717) is 38.3 Å². The van der Waals surface area contributed by atoms with Gasteiger partial charge in [0, 0.05) is 37.8 Å². The maximum atomic E-state index is 12.0. The van der Waals surface area contributed by atoms with Gasteiger partial charge in [0.15, 0.2) is 5.96 Å². The number of carbonyl (C=O) groups excluding carboxylic acids is 2. The summed E-state index contributed by atoms with van der Waals surface area (Å²) in [6.07, 6.45) is 1.44. The third-order valence-corrected chi connectivity index (χ3v) is 4.41. The van der Waals surface area contributed by atoms with E-state index in [4.69, 9.17) is 4.74 Å². The molecule has 28 heavy (non-hydrogen) atoms. The third kappa shape index (κ3) is 7.09. The lowest BCUT2D eigenvalue weighted by Gasteiger charge is -2.32. The summed E-state index contributed by atoms with van der Waals surface area (Å²) in [4.78, 5) is 30.1. The summed E-state index contributed by atoms with van der Waals surface area (Å²) in [7, 11) is 0. The van der Waals surface area contributed by atoms with Crippen molar-refractivity contribution in [2.24, 2.45) is 4.99 Å². The van der Waals surface area contributed by atoms with Crippen LogP contribution in [0.4, 0.5) is 4.79 Å². The number of piperidine rings is 1. The number of likely N-dealkylation sites (tertiary alicyclic amines) is 1. The molecule has 0 saturated carbocycles. The van der Waals surface area contributed by atoms with Crippen LogP contribution in [-0.2, 0) is 4.74 Å². The van der Waals surface area contributed by atoms with E-state index in [1.54, 1.807) is 17.0 Å². The molecule has 1 aliphatic heterocycles. The minimum Gasteiger partial charge on any atom is -0.450 e. The number of aliphatic imine (C=N–C) groups is 1. The maximum absolute atomic E-state index is 12.0. The molecule has 8 heteroatoms. The van der Waals surface area contributed by atoms with Gasteiger partial charge in [-0.15, -0.1) is 0 Å². The van der Waals surface area contributed by atoms with Crippen molar-refractivity contribution in [3.05, 3.63) is 35.9 Å². The van der Waals surface area contributed by atoms with Gasteiger partial charge in [-0.1, -0.05) is 18.2 Å². The van der Waals surface area contributed by atoms with Crippen LogP contribution in [-0.4, -0.2) is 68.2 Å². The van der Waals surface area contributed by atoms with Crippen molar-refractivity contribution in [2.75, 3.05) is 39.3 Å². The van der Waals surface area contributed by atoms with E-state index in [2.05, 4.69) is 20.9 Å². The van der Waals surface area contributed by atoms with Crippen LogP contribution >= 0.6 is 0 Å². The molecule has 1 saturated heterocycles. The summed E-state index contributed by atoms with van der Waals surface area (Å²) in [5.41, 5.74) is 0.643. The highest BCUT2D eigenvalue weighted by molar-refractivity contribution is 5.94. The molecular weight excluding hydrogens is 358 g/mol. The Morgan fingerprint density at radius 1 is 1.14 bits per heavy atom. The number of ether oxygens (including phenoxy) is 1. The molecule has 3 N–H and O–H groups in total. The van der Waals surface area contributed by atoms with E-state index < -0.39 is 0 Å². The molecule has 1 heterocycles. The van der Waals surface area contributed by atoms with Crippen molar-refractivity contribution < 1.29 is 14.3 Å². The molecule has 0 unspecified atom stereocenters.